The van der Waals surface area contributed by atoms with Gasteiger partial charge in [-0.15, -0.1) is 12.4 Å². The first-order valence-corrected chi connectivity index (χ1v) is 7.66. The highest BCUT2D eigenvalue weighted by Crippen LogP contribution is 2.17. The fourth-order valence-electron chi connectivity index (χ4n) is 3.01. The van der Waals surface area contributed by atoms with Gasteiger partial charge < -0.3 is 10.6 Å². The minimum Gasteiger partial charge on any atom is -0.335 e. The van der Waals surface area contributed by atoms with Gasteiger partial charge in [0.2, 0.25) is 5.91 Å². The van der Waals surface area contributed by atoms with Crippen LogP contribution in [0.15, 0.2) is 0 Å². The maximum absolute atomic E-state index is 11.8. The number of nitrogens with zero attached hydrogens (tertiary/aromatic N) is 1. The third-order valence-corrected chi connectivity index (χ3v) is 4.24. The van der Waals surface area contributed by atoms with E-state index in [2.05, 4.69) is 16.0 Å². The Morgan fingerprint density at radius 1 is 1.19 bits per heavy atom. The van der Waals surface area contributed by atoms with Crippen molar-refractivity contribution in [1.82, 2.24) is 20.9 Å². The van der Waals surface area contributed by atoms with E-state index in [9.17, 15) is 9.59 Å². The van der Waals surface area contributed by atoms with Crippen molar-refractivity contribution < 1.29 is 9.59 Å². The van der Waals surface area contributed by atoms with Crippen molar-refractivity contribution in [2.75, 3.05) is 26.7 Å². The lowest BCUT2D eigenvalue weighted by Gasteiger charge is -2.24. The van der Waals surface area contributed by atoms with Crippen LogP contribution >= 0.6 is 12.4 Å². The topological polar surface area (TPSA) is 73.5 Å². The molecule has 1 unspecified atom stereocenters. The Morgan fingerprint density at radius 2 is 1.90 bits per heavy atom. The molecule has 1 saturated heterocycles. The molecule has 1 heterocycles. The summed E-state index contributed by atoms with van der Waals surface area (Å²) in [7, 11) is 1.93. The summed E-state index contributed by atoms with van der Waals surface area (Å²) in [5.41, 5.74) is 0. The highest BCUT2D eigenvalue weighted by atomic mass is 35.5. The van der Waals surface area contributed by atoms with E-state index < -0.39 is 0 Å². The highest BCUT2D eigenvalue weighted by molar-refractivity contribution is 5.95. The predicted molar refractivity (Wildman–Crippen MR) is 84.7 cm³/mol. The Kier molecular flexibility index (Phi) is 8.00. The maximum atomic E-state index is 11.8. The van der Waals surface area contributed by atoms with E-state index in [4.69, 9.17) is 0 Å². The zero-order valence-electron chi connectivity index (χ0n) is 12.7. The molecule has 2 aliphatic rings. The van der Waals surface area contributed by atoms with E-state index in [0.29, 0.717) is 6.04 Å². The fraction of sp³-hybridized carbons (Fsp3) is 0.857. The van der Waals surface area contributed by atoms with Gasteiger partial charge in [0, 0.05) is 18.6 Å². The largest absolute Gasteiger partial charge is 0.335 e. The van der Waals surface area contributed by atoms with Gasteiger partial charge in [-0.3, -0.25) is 15.0 Å². The molecule has 1 aliphatic heterocycles. The fourth-order valence-corrected chi connectivity index (χ4v) is 3.01. The van der Waals surface area contributed by atoms with E-state index in [-0.39, 0.29) is 36.9 Å². The second kappa shape index (κ2) is 9.23. The number of hydrogen-bond acceptors (Lipinski definition) is 4. The molecule has 3 N–H and O–H groups in total. The van der Waals surface area contributed by atoms with E-state index >= 15 is 0 Å². The van der Waals surface area contributed by atoms with Crippen LogP contribution in [-0.4, -0.2) is 55.6 Å². The first-order chi connectivity index (χ1) is 9.65. The molecule has 1 saturated carbocycles. The van der Waals surface area contributed by atoms with Gasteiger partial charge in [-0.25, -0.2) is 4.79 Å². The SMILES string of the molecule is CN(CC(=O)NC(=O)NC1CCCCC1)C1CCNC1.Cl. The van der Waals surface area contributed by atoms with Gasteiger partial charge in [0.1, 0.15) is 0 Å². The zero-order chi connectivity index (χ0) is 14.4. The monoisotopic (exact) mass is 318 g/mol. The van der Waals surface area contributed by atoms with Gasteiger partial charge in [-0.1, -0.05) is 19.3 Å². The lowest BCUT2D eigenvalue weighted by Crippen LogP contribution is -2.49. The van der Waals surface area contributed by atoms with Crippen molar-refractivity contribution in [2.24, 2.45) is 0 Å². The molecule has 0 aromatic heterocycles. The molecule has 0 spiro atoms. The van der Waals surface area contributed by atoms with E-state index in [1.54, 1.807) is 0 Å². The molecule has 2 rings (SSSR count). The van der Waals surface area contributed by atoms with Crippen molar-refractivity contribution in [2.45, 2.75) is 50.6 Å². The molecule has 1 aliphatic carbocycles. The molecule has 2 fully saturated rings. The minimum atomic E-state index is -0.347. The van der Waals surface area contributed by atoms with Crippen molar-refractivity contribution in [3.63, 3.8) is 0 Å². The average molecular weight is 319 g/mol. The molecule has 122 valence electrons. The lowest BCUT2D eigenvalue weighted by atomic mass is 9.96. The Balaban J connectivity index is 0.00000220. The molecule has 3 amide bonds. The molecular formula is C14H27ClN4O2. The van der Waals surface area contributed by atoms with Crippen LogP contribution in [0.1, 0.15) is 38.5 Å². The number of likely N-dealkylation sites (N-methyl/N-ethyl adjacent to an activating group) is 1. The number of carbonyl (C=O) groups is 2. The summed E-state index contributed by atoms with van der Waals surface area (Å²) in [6.45, 7) is 2.18. The second-order valence-corrected chi connectivity index (χ2v) is 5.92. The first kappa shape index (κ1) is 18.2. The predicted octanol–water partition coefficient (Wildman–Crippen LogP) is 0.860. The van der Waals surface area contributed by atoms with Crippen LogP contribution in [0.2, 0.25) is 0 Å². The molecule has 0 aromatic carbocycles. The number of amides is 3. The summed E-state index contributed by atoms with van der Waals surface area (Å²) in [4.78, 5) is 25.6. The summed E-state index contributed by atoms with van der Waals surface area (Å²) < 4.78 is 0. The van der Waals surface area contributed by atoms with E-state index in [0.717, 1.165) is 45.2 Å². The average Bonchev–Trinajstić information content (AvgIpc) is 2.93. The Hall–Kier alpha value is -0.850. The summed E-state index contributed by atoms with van der Waals surface area (Å²) in [5.74, 6) is -0.229. The molecule has 21 heavy (non-hydrogen) atoms. The van der Waals surface area contributed by atoms with Gasteiger partial charge in [-0.05, 0) is 32.9 Å². The quantitative estimate of drug-likeness (QED) is 0.719. The number of urea groups is 1. The number of halogens is 1. The van der Waals surface area contributed by atoms with Crippen LogP contribution in [0.4, 0.5) is 4.79 Å². The number of nitrogens with one attached hydrogen (secondary N) is 3. The Bertz CT molecular complexity index is 342. The summed E-state index contributed by atoms with van der Waals surface area (Å²) in [5, 5.41) is 8.59. The van der Waals surface area contributed by atoms with Gasteiger partial charge in [0.25, 0.3) is 0 Å². The first-order valence-electron chi connectivity index (χ1n) is 7.66. The molecule has 0 bridgehead atoms. The maximum Gasteiger partial charge on any atom is 0.321 e. The van der Waals surface area contributed by atoms with E-state index in [1.807, 2.05) is 11.9 Å². The van der Waals surface area contributed by atoms with E-state index in [1.165, 1.54) is 6.42 Å². The van der Waals surface area contributed by atoms with Crippen LogP contribution in [0, 0.1) is 0 Å². The van der Waals surface area contributed by atoms with Crippen molar-refractivity contribution in [3.8, 4) is 0 Å². The highest BCUT2D eigenvalue weighted by Gasteiger charge is 2.22. The van der Waals surface area contributed by atoms with Crippen molar-refractivity contribution in [3.05, 3.63) is 0 Å². The summed E-state index contributed by atoms with van der Waals surface area (Å²) in [6.07, 6.45) is 6.67. The molecule has 0 radical (unpaired) electrons. The Morgan fingerprint density at radius 3 is 2.52 bits per heavy atom. The number of hydrogen-bond donors (Lipinski definition) is 3. The van der Waals surface area contributed by atoms with Crippen LogP contribution in [-0.2, 0) is 4.79 Å². The van der Waals surface area contributed by atoms with Crippen molar-refractivity contribution in [1.29, 1.82) is 0 Å². The van der Waals surface area contributed by atoms with Crippen LogP contribution in [0.25, 0.3) is 0 Å². The second-order valence-electron chi connectivity index (χ2n) is 5.92. The standard InChI is InChI=1S/C14H26N4O2.ClH/c1-18(12-7-8-15-9-12)10-13(19)17-14(20)16-11-5-3-2-4-6-11;/h11-12,15H,2-10H2,1H3,(H2,16,17,19,20);1H. The van der Waals surface area contributed by atoms with Gasteiger partial charge in [0.05, 0.1) is 6.54 Å². The molecule has 6 nitrogen and oxygen atoms in total. The summed E-state index contributed by atoms with van der Waals surface area (Å²) in [6, 6.07) is 0.273. The van der Waals surface area contributed by atoms with Crippen molar-refractivity contribution >= 4 is 24.3 Å². The van der Waals surface area contributed by atoms with Gasteiger partial charge in [-0.2, -0.15) is 0 Å². The molecular weight excluding hydrogens is 292 g/mol. The summed E-state index contributed by atoms with van der Waals surface area (Å²) >= 11 is 0. The van der Waals surface area contributed by atoms with Crippen LogP contribution < -0.4 is 16.0 Å². The number of rotatable bonds is 4. The van der Waals surface area contributed by atoms with Gasteiger partial charge in [0.15, 0.2) is 0 Å². The number of carbonyl (C=O) groups excluding carboxylic acids is 2. The minimum absolute atomic E-state index is 0. The zero-order valence-corrected chi connectivity index (χ0v) is 13.5. The lowest BCUT2D eigenvalue weighted by molar-refractivity contribution is -0.121. The third kappa shape index (κ3) is 6.20. The molecule has 1 atom stereocenters. The smallest absolute Gasteiger partial charge is 0.321 e. The number of imide groups is 1. The Labute approximate surface area is 132 Å². The normalized spacial score (nSPS) is 22.7. The van der Waals surface area contributed by atoms with Gasteiger partial charge >= 0.3 is 6.03 Å². The molecule has 7 heteroatoms. The van der Waals surface area contributed by atoms with Crippen LogP contribution in [0.3, 0.4) is 0 Å². The van der Waals surface area contributed by atoms with Crippen LogP contribution in [0.5, 0.6) is 0 Å². The third-order valence-electron chi connectivity index (χ3n) is 4.24. The molecule has 0 aromatic rings.